The number of pyridine rings is 1. The van der Waals surface area contributed by atoms with Crippen molar-refractivity contribution in [2.45, 2.75) is 25.8 Å². The molecule has 0 radical (unpaired) electrons. The lowest BCUT2D eigenvalue weighted by molar-refractivity contribution is -0.127. The summed E-state index contributed by atoms with van der Waals surface area (Å²) in [5, 5.41) is 7.68. The van der Waals surface area contributed by atoms with Crippen molar-refractivity contribution in [1.82, 2.24) is 14.5 Å². The van der Waals surface area contributed by atoms with E-state index < -0.39 is 30.4 Å². The smallest absolute Gasteiger partial charge is 0.241 e. The summed E-state index contributed by atoms with van der Waals surface area (Å²) in [5.74, 6) is -2.76. The van der Waals surface area contributed by atoms with Crippen LogP contribution in [0.25, 0.3) is 11.1 Å². The maximum Gasteiger partial charge on any atom is 0.241 e. The predicted octanol–water partition coefficient (Wildman–Crippen LogP) is 3.74. The summed E-state index contributed by atoms with van der Waals surface area (Å²) in [4.78, 5) is 30.5. The Balaban J connectivity index is 2.18. The largest absolute Gasteiger partial charge is 0.370 e. The van der Waals surface area contributed by atoms with Gasteiger partial charge in [0.25, 0.3) is 0 Å². The van der Waals surface area contributed by atoms with Gasteiger partial charge < -0.3 is 10.3 Å². The fraction of sp³-hybridized carbons (Fsp3) is 0.250. The highest BCUT2D eigenvalue weighted by atomic mass is 19.1. The van der Waals surface area contributed by atoms with Gasteiger partial charge in [-0.2, -0.15) is 4.39 Å². The number of hydrogen-bond acceptors (Lipinski definition) is 4. The van der Waals surface area contributed by atoms with Crippen LogP contribution in [0.2, 0.25) is 0 Å². The molecule has 3 rings (SSSR count). The van der Waals surface area contributed by atoms with E-state index in [1.165, 1.54) is 17.8 Å². The van der Waals surface area contributed by atoms with E-state index in [-0.39, 0.29) is 24.3 Å². The number of nitrogens with zero attached hydrogens (tertiary/aromatic N) is 3. The summed E-state index contributed by atoms with van der Waals surface area (Å²) < 4.78 is 28.9. The van der Waals surface area contributed by atoms with E-state index in [2.05, 4.69) is 4.98 Å². The van der Waals surface area contributed by atoms with Crippen LogP contribution in [0.1, 0.15) is 40.9 Å². The van der Waals surface area contributed by atoms with E-state index in [1.54, 1.807) is 55.6 Å². The standard InChI is InChI=1S/C24H25F2N5O2/c1-3-20(32)19-13-17(14-31(19)11-9-25)21(23(33)30(2)24(27)28)16-7-4-6-15(12-16)18-8-5-10-29-22(18)26/h4-8,10,12-14,21H,3,9,11H2,1-2H3,(H3,27,28). The van der Waals surface area contributed by atoms with Crippen molar-refractivity contribution in [2.75, 3.05) is 13.7 Å². The summed E-state index contributed by atoms with van der Waals surface area (Å²) in [6.45, 7) is 0.984. The molecule has 3 aromatic rings. The lowest BCUT2D eigenvalue weighted by Gasteiger charge is -2.23. The molecule has 172 valence electrons. The average molecular weight is 453 g/mol. The molecule has 0 aliphatic heterocycles. The summed E-state index contributed by atoms with van der Waals surface area (Å²) in [6, 6.07) is 11.5. The van der Waals surface area contributed by atoms with Gasteiger partial charge in [0.1, 0.15) is 6.67 Å². The van der Waals surface area contributed by atoms with E-state index >= 15 is 0 Å². The molecule has 0 aliphatic rings. The molecular weight excluding hydrogens is 428 g/mol. The normalized spacial score (nSPS) is 11.8. The quantitative estimate of drug-likeness (QED) is 0.235. The van der Waals surface area contributed by atoms with Crippen LogP contribution in [0.3, 0.4) is 0 Å². The molecular formula is C24H25F2N5O2. The highest BCUT2D eigenvalue weighted by Crippen LogP contribution is 2.32. The minimum Gasteiger partial charge on any atom is -0.370 e. The summed E-state index contributed by atoms with van der Waals surface area (Å²) in [7, 11) is 1.37. The second kappa shape index (κ2) is 10.2. The number of hydrogen-bond donors (Lipinski definition) is 2. The van der Waals surface area contributed by atoms with Crippen LogP contribution >= 0.6 is 0 Å². The Hall–Kier alpha value is -3.88. The van der Waals surface area contributed by atoms with E-state index in [1.807, 2.05) is 0 Å². The van der Waals surface area contributed by atoms with E-state index in [0.29, 0.717) is 22.4 Å². The Morgan fingerprint density at radius 1 is 1.21 bits per heavy atom. The van der Waals surface area contributed by atoms with Gasteiger partial charge in [-0.05, 0) is 41.0 Å². The third-order valence-electron chi connectivity index (χ3n) is 5.41. The topological polar surface area (TPSA) is 105 Å². The molecule has 1 aromatic carbocycles. The van der Waals surface area contributed by atoms with E-state index in [4.69, 9.17) is 11.1 Å². The van der Waals surface area contributed by atoms with Gasteiger partial charge in [0, 0.05) is 31.4 Å². The molecule has 1 unspecified atom stereocenters. The van der Waals surface area contributed by atoms with Crippen molar-refractivity contribution in [1.29, 1.82) is 5.41 Å². The van der Waals surface area contributed by atoms with Crippen molar-refractivity contribution in [3.63, 3.8) is 0 Å². The molecule has 0 aliphatic carbocycles. The number of halogens is 2. The van der Waals surface area contributed by atoms with E-state index in [0.717, 1.165) is 4.90 Å². The zero-order valence-corrected chi connectivity index (χ0v) is 18.4. The second-order valence-corrected chi connectivity index (χ2v) is 7.50. The van der Waals surface area contributed by atoms with Crippen LogP contribution in [0.15, 0.2) is 54.9 Å². The van der Waals surface area contributed by atoms with Gasteiger partial charge in [-0.1, -0.05) is 25.1 Å². The summed E-state index contributed by atoms with van der Waals surface area (Å²) in [6.07, 6.45) is 3.13. The third-order valence-corrected chi connectivity index (χ3v) is 5.41. The van der Waals surface area contributed by atoms with Gasteiger partial charge in [0.05, 0.1) is 18.2 Å². The van der Waals surface area contributed by atoms with Gasteiger partial charge in [-0.25, -0.2) is 9.37 Å². The Morgan fingerprint density at radius 2 is 1.97 bits per heavy atom. The summed E-state index contributed by atoms with van der Waals surface area (Å²) in [5.41, 5.74) is 7.56. The Labute approximate surface area is 190 Å². The SMILES string of the molecule is CCC(=O)c1cc(C(C(=O)N(C)C(=N)N)c2cccc(-c3cccnc3F)c2)cn1CCF. The van der Waals surface area contributed by atoms with Crippen molar-refractivity contribution in [3.8, 4) is 11.1 Å². The van der Waals surface area contributed by atoms with Gasteiger partial charge in [-0.15, -0.1) is 0 Å². The fourth-order valence-electron chi connectivity index (χ4n) is 3.66. The number of likely N-dealkylation sites (N-methyl/N-ethyl adjacent to an activating group) is 1. The first-order valence-electron chi connectivity index (χ1n) is 10.4. The van der Waals surface area contributed by atoms with Crippen molar-refractivity contribution in [2.24, 2.45) is 5.73 Å². The number of nitrogens with one attached hydrogen (secondary N) is 1. The number of ketones is 1. The molecule has 0 fully saturated rings. The molecule has 2 aromatic heterocycles. The number of rotatable bonds is 8. The van der Waals surface area contributed by atoms with Gasteiger partial charge in [0.15, 0.2) is 11.7 Å². The first kappa shape index (κ1) is 23.8. The van der Waals surface area contributed by atoms with Crippen LogP contribution in [0.4, 0.5) is 8.78 Å². The maximum atomic E-state index is 14.3. The maximum absolute atomic E-state index is 14.3. The number of benzene rings is 1. The van der Waals surface area contributed by atoms with E-state index in [9.17, 15) is 18.4 Å². The molecule has 2 heterocycles. The number of carbonyl (C=O) groups is 2. The lowest BCUT2D eigenvalue weighted by atomic mass is 9.89. The molecule has 33 heavy (non-hydrogen) atoms. The number of nitrogens with two attached hydrogens (primary N) is 1. The molecule has 9 heteroatoms. The van der Waals surface area contributed by atoms with Crippen LogP contribution in [0.5, 0.6) is 0 Å². The van der Waals surface area contributed by atoms with Crippen LogP contribution < -0.4 is 5.73 Å². The van der Waals surface area contributed by atoms with Crippen molar-refractivity contribution < 1.29 is 18.4 Å². The molecule has 3 N–H and O–H groups in total. The van der Waals surface area contributed by atoms with Gasteiger partial charge in [0.2, 0.25) is 11.9 Å². The zero-order chi connectivity index (χ0) is 24.1. The molecule has 0 saturated heterocycles. The number of guanidine groups is 1. The minimum atomic E-state index is -0.956. The number of Topliss-reactive ketones (excluding diaryl/α,β-unsaturated/α-hetero) is 1. The lowest BCUT2D eigenvalue weighted by Crippen LogP contribution is -2.41. The Bertz CT molecular complexity index is 1190. The number of amides is 1. The van der Waals surface area contributed by atoms with Crippen LogP contribution in [-0.2, 0) is 11.3 Å². The molecule has 1 amide bonds. The number of alkyl halides is 1. The third kappa shape index (κ3) is 4.97. The van der Waals surface area contributed by atoms with Crippen molar-refractivity contribution in [3.05, 3.63) is 77.6 Å². The first-order valence-corrected chi connectivity index (χ1v) is 10.4. The number of aryl methyl sites for hydroxylation is 1. The number of aromatic nitrogens is 2. The first-order chi connectivity index (χ1) is 15.8. The minimum absolute atomic E-state index is 0.0362. The number of carbonyl (C=O) groups excluding carboxylic acids is 2. The van der Waals surface area contributed by atoms with Crippen LogP contribution in [-0.4, -0.2) is 45.8 Å². The average Bonchev–Trinajstić information content (AvgIpc) is 3.22. The Kier molecular flexibility index (Phi) is 7.32. The fourth-order valence-corrected chi connectivity index (χ4v) is 3.66. The zero-order valence-electron chi connectivity index (χ0n) is 18.4. The van der Waals surface area contributed by atoms with Gasteiger partial charge in [-0.3, -0.25) is 19.9 Å². The monoisotopic (exact) mass is 453 g/mol. The molecule has 1 atom stereocenters. The van der Waals surface area contributed by atoms with Crippen LogP contribution in [0, 0.1) is 11.4 Å². The highest BCUT2D eigenvalue weighted by Gasteiger charge is 2.30. The molecule has 0 spiro atoms. The molecule has 0 bridgehead atoms. The summed E-state index contributed by atoms with van der Waals surface area (Å²) >= 11 is 0. The van der Waals surface area contributed by atoms with Crippen molar-refractivity contribution >= 4 is 17.6 Å². The highest BCUT2D eigenvalue weighted by molar-refractivity contribution is 6.00. The predicted molar refractivity (Wildman–Crippen MR) is 121 cm³/mol. The molecule has 0 saturated carbocycles. The van der Waals surface area contributed by atoms with Gasteiger partial charge >= 0.3 is 0 Å². The Morgan fingerprint density at radius 3 is 2.61 bits per heavy atom. The molecule has 7 nitrogen and oxygen atoms in total. The second-order valence-electron chi connectivity index (χ2n) is 7.50.